The Bertz CT molecular complexity index is 141. The van der Waals surface area contributed by atoms with Gasteiger partial charge < -0.3 is 5.73 Å². The molecule has 0 atom stereocenters. The van der Waals surface area contributed by atoms with Gasteiger partial charge in [-0.25, -0.2) is 15.3 Å². The summed E-state index contributed by atoms with van der Waals surface area (Å²) < 4.78 is 0. The molecule has 0 saturated carbocycles. The van der Waals surface area contributed by atoms with Crippen LogP contribution in [-0.4, -0.2) is 17.5 Å². The van der Waals surface area contributed by atoms with Gasteiger partial charge in [-0.15, -0.1) is 0 Å². The molecule has 0 aliphatic carbocycles. The number of carbonyl (C=O) groups is 1. The van der Waals surface area contributed by atoms with Gasteiger partial charge in [0.1, 0.15) is 0 Å². The van der Waals surface area contributed by atoms with Gasteiger partial charge >= 0.3 is 6.03 Å². The average Bonchev–Trinajstić information content (AvgIpc) is 1.89. The van der Waals surface area contributed by atoms with Crippen LogP contribution in [0.5, 0.6) is 0 Å². The third-order valence-corrected chi connectivity index (χ3v) is 0.485. The van der Waals surface area contributed by atoms with Crippen molar-refractivity contribution in [3.05, 3.63) is 12.3 Å². The van der Waals surface area contributed by atoms with Gasteiger partial charge in [-0.2, -0.15) is 0 Å². The van der Waals surface area contributed by atoms with Gasteiger partial charge in [0.05, 0.1) is 0 Å². The minimum atomic E-state index is -0.826. The van der Waals surface area contributed by atoms with E-state index in [0.717, 1.165) is 6.21 Å². The maximum atomic E-state index is 10.1. The highest BCUT2D eigenvalue weighted by Crippen LogP contribution is 1.68. The Hall–Kier alpha value is -1.36. The fourth-order valence-electron chi connectivity index (χ4n) is 0.189. The Labute approximate surface area is 51.8 Å². The smallest absolute Gasteiger partial charge is 0.364 e. The second-order valence-corrected chi connectivity index (χ2v) is 1.08. The van der Waals surface area contributed by atoms with E-state index in [1.807, 2.05) is 0 Å². The summed E-state index contributed by atoms with van der Waals surface area (Å²) in [4.78, 5) is 13.2. The third-order valence-electron chi connectivity index (χ3n) is 0.485. The fourth-order valence-corrected chi connectivity index (χ4v) is 0.189. The van der Waals surface area contributed by atoms with Crippen molar-refractivity contribution < 1.29 is 10.0 Å². The lowest BCUT2D eigenvalue weighted by Gasteiger charge is -1.83. The molecular weight excluding hydrogens is 122 g/mol. The van der Waals surface area contributed by atoms with Crippen molar-refractivity contribution in [3.63, 3.8) is 0 Å². The Morgan fingerprint density at radius 2 is 2.44 bits per heavy atom. The van der Waals surface area contributed by atoms with Crippen molar-refractivity contribution >= 4 is 12.2 Å². The lowest BCUT2D eigenvalue weighted by Crippen LogP contribution is -2.13. The molecule has 9 heavy (non-hydrogen) atoms. The molecule has 0 bridgehead atoms. The maximum absolute atomic E-state index is 10.1. The van der Waals surface area contributed by atoms with Crippen LogP contribution in [0.15, 0.2) is 17.3 Å². The van der Waals surface area contributed by atoms with Gasteiger partial charge in [0, 0.05) is 6.21 Å². The molecule has 5 nitrogen and oxygen atoms in total. The van der Waals surface area contributed by atoms with Gasteiger partial charge in [0.2, 0.25) is 0 Å². The standard InChI is InChI=1S/C4H7N3O2/c5-2-1-3-6-4(8)7-9/h1-3,9H,5H2,(H,7,8). The molecule has 0 rings (SSSR count). The van der Waals surface area contributed by atoms with Crippen LogP contribution in [0.1, 0.15) is 0 Å². The molecule has 0 heterocycles. The minimum absolute atomic E-state index is 0.826. The molecule has 0 spiro atoms. The summed E-state index contributed by atoms with van der Waals surface area (Å²) in [7, 11) is 0. The number of nitrogens with one attached hydrogen (secondary N) is 1. The summed E-state index contributed by atoms with van der Waals surface area (Å²) in [6.45, 7) is 0. The quantitative estimate of drug-likeness (QED) is 0.256. The average molecular weight is 129 g/mol. The summed E-state index contributed by atoms with van der Waals surface area (Å²) >= 11 is 0. The molecule has 0 unspecified atom stereocenters. The lowest BCUT2D eigenvalue weighted by molar-refractivity contribution is 0.169. The third kappa shape index (κ3) is 4.49. The highest BCUT2D eigenvalue weighted by molar-refractivity contribution is 5.86. The summed E-state index contributed by atoms with van der Waals surface area (Å²) in [5, 5.41) is 7.87. The molecule has 4 N–H and O–H groups in total. The van der Waals surface area contributed by atoms with E-state index in [1.54, 1.807) is 0 Å². The summed E-state index contributed by atoms with van der Waals surface area (Å²) in [6, 6.07) is -0.826. The molecule has 0 fully saturated rings. The number of nitrogens with zero attached hydrogens (tertiary/aromatic N) is 1. The van der Waals surface area contributed by atoms with E-state index < -0.39 is 6.03 Å². The summed E-state index contributed by atoms with van der Waals surface area (Å²) in [5.74, 6) is 0. The zero-order chi connectivity index (χ0) is 7.11. The van der Waals surface area contributed by atoms with E-state index in [-0.39, 0.29) is 0 Å². The number of aliphatic imine (C=N–C) groups is 1. The number of nitrogens with two attached hydrogens (primary N) is 1. The molecule has 0 aliphatic heterocycles. The highest BCUT2D eigenvalue weighted by Gasteiger charge is 1.85. The maximum Gasteiger partial charge on any atom is 0.364 e. The number of hydroxylamine groups is 1. The van der Waals surface area contributed by atoms with Crippen LogP contribution in [0.25, 0.3) is 0 Å². The van der Waals surface area contributed by atoms with Crippen LogP contribution in [0.3, 0.4) is 0 Å². The van der Waals surface area contributed by atoms with E-state index in [4.69, 9.17) is 10.9 Å². The Kier molecular flexibility index (Phi) is 4.07. The first-order chi connectivity index (χ1) is 4.31. The second-order valence-electron chi connectivity index (χ2n) is 1.08. The van der Waals surface area contributed by atoms with E-state index in [0.29, 0.717) is 0 Å². The van der Waals surface area contributed by atoms with Crippen LogP contribution >= 0.6 is 0 Å². The van der Waals surface area contributed by atoms with Crippen LogP contribution < -0.4 is 11.2 Å². The number of allylic oxidation sites excluding steroid dienone is 1. The molecule has 0 saturated heterocycles. The van der Waals surface area contributed by atoms with E-state index in [9.17, 15) is 4.79 Å². The number of rotatable bonds is 1. The van der Waals surface area contributed by atoms with Gasteiger partial charge in [-0.05, 0) is 12.3 Å². The fraction of sp³-hybridized carbons (Fsp3) is 0. The number of hydrogen-bond donors (Lipinski definition) is 3. The van der Waals surface area contributed by atoms with E-state index >= 15 is 0 Å². The molecule has 0 aromatic carbocycles. The monoisotopic (exact) mass is 129 g/mol. The lowest BCUT2D eigenvalue weighted by atomic mass is 10.7. The minimum Gasteiger partial charge on any atom is -0.405 e. The highest BCUT2D eigenvalue weighted by atomic mass is 16.5. The molecule has 0 aromatic heterocycles. The zero-order valence-corrected chi connectivity index (χ0v) is 4.61. The molecule has 50 valence electrons. The molecular formula is C4H7N3O2. The van der Waals surface area contributed by atoms with Crippen molar-refractivity contribution in [3.8, 4) is 0 Å². The Morgan fingerprint density at radius 3 is 2.89 bits per heavy atom. The predicted molar refractivity (Wildman–Crippen MR) is 32.1 cm³/mol. The van der Waals surface area contributed by atoms with Crippen LogP contribution in [0.2, 0.25) is 0 Å². The normalized spacial score (nSPS) is 10.8. The van der Waals surface area contributed by atoms with Gasteiger partial charge in [0.15, 0.2) is 0 Å². The molecule has 0 aliphatic rings. The molecule has 5 heteroatoms. The first kappa shape index (κ1) is 7.64. The van der Waals surface area contributed by atoms with Crippen molar-refractivity contribution in [1.82, 2.24) is 5.48 Å². The van der Waals surface area contributed by atoms with Crippen LogP contribution in [0.4, 0.5) is 4.79 Å². The largest absolute Gasteiger partial charge is 0.405 e. The first-order valence-corrected chi connectivity index (χ1v) is 2.16. The van der Waals surface area contributed by atoms with Crippen LogP contribution in [0, 0.1) is 0 Å². The number of amides is 2. The van der Waals surface area contributed by atoms with Gasteiger partial charge in [-0.1, -0.05) is 0 Å². The van der Waals surface area contributed by atoms with E-state index in [1.165, 1.54) is 17.8 Å². The van der Waals surface area contributed by atoms with Crippen molar-refractivity contribution in [1.29, 1.82) is 0 Å². The van der Waals surface area contributed by atoms with Crippen molar-refractivity contribution in [2.75, 3.05) is 0 Å². The Morgan fingerprint density at radius 1 is 1.78 bits per heavy atom. The van der Waals surface area contributed by atoms with Gasteiger partial charge in [0.25, 0.3) is 0 Å². The number of urea groups is 1. The van der Waals surface area contributed by atoms with Crippen LogP contribution in [-0.2, 0) is 0 Å². The van der Waals surface area contributed by atoms with Crippen molar-refractivity contribution in [2.45, 2.75) is 0 Å². The van der Waals surface area contributed by atoms with Gasteiger partial charge in [-0.3, -0.25) is 5.21 Å². The number of hydrogen-bond acceptors (Lipinski definition) is 3. The van der Waals surface area contributed by atoms with E-state index in [2.05, 4.69) is 4.99 Å². The summed E-state index contributed by atoms with van der Waals surface area (Å²) in [6.07, 6.45) is 3.73. The molecule has 0 aromatic rings. The molecule has 0 radical (unpaired) electrons. The van der Waals surface area contributed by atoms with Crippen molar-refractivity contribution in [2.24, 2.45) is 10.7 Å². The molecule has 2 amide bonds. The summed E-state index contributed by atoms with van der Waals surface area (Å²) in [5.41, 5.74) is 6.20. The number of carbonyl (C=O) groups excluding carboxylic acids is 1. The Balaban J connectivity index is 3.57. The SMILES string of the molecule is NC=CC=NC(=O)NO. The second kappa shape index (κ2) is 4.79. The predicted octanol–water partition coefficient (Wildman–Crippen LogP) is -0.372. The first-order valence-electron chi connectivity index (χ1n) is 2.16. The zero-order valence-electron chi connectivity index (χ0n) is 4.61. The topological polar surface area (TPSA) is 87.7 Å².